The number of hydrogen-bond donors (Lipinski definition) is 2. The van der Waals surface area contributed by atoms with Crippen molar-refractivity contribution in [2.75, 3.05) is 21.5 Å². The van der Waals surface area contributed by atoms with Crippen LogP contribution in [0.3, 0.4) is 0 Å². The number of hydrogen-bond acceptors (Lipinski definition) is 6. The third-order valence-electron chi connectivity index (χ3n) is 5.45. The van der Waals surface area contributed by atoms with Gasteiger partial charge in [0, 0.05) is 34.9 Å². The SMILES string of the molecule is Cc1noc(NS(=O)(=O)c2ccc(NC(=O)C3CC(=O)N(c4ccc(Cl)cc4)C3)cc2)c1C. The highest BCUT2D eigenvalue weighted by atomic mass is 35.5. The molecular formula is C22H21ClN4O5S. The quantitative estimate of drug-likeness (QED) is 0.545. The molecule has 0 aliphatic carbocycles. The molecule has 4 rings (SSSR count). The number of aryl methyl sites for hydroxylation is 1. The number of carbonyl (C=O) groups excluding carboxylic acids is 2. The van der Waals surface area contributed by atoms with Crippen molar-refractivity contribution in [3.05, 3.63) is 64.8 Å². The van der Waals surface area contributed by atoms with Crippen molar-refractivity contribution in [2.24, 2.45) is 5.92 Å². The first-order chi connectivity index (χ1) is 15.6. The number of nitrogens with one attached hydrogen (secondary N) is 2. The molecule has 0 spiro atoms. The highest BCUT2D eigenvalue weighted by molar-refractivity contribution is 7.92. The molecule has 0 bridgehead atoms. The van der Waals surface area contributed by atoms with Crippen molar-refractivity contribution in [1.82, 2.24) is 5.16 Å². The molecule has 1 fully saturated rings. The van der Waals surface area contributed by atoms with E-state index in [1.807, 2.05) is 0 Å². The number of sulfonamides is 1. The largest absolute Gasteiger partial charge is 0.337 e. The lowest BCUT2D eigenvalue weighted by atomic mass is 10.1. The van der Waals surface area contributed by atoms with E-state index in [2.05, 4.69) is 15.2 Å². The third kappa shape index (κ3) is 4.86. The van der Waals surface area contributed by atoms with E-state index in [1.165, 1.54) is 24.3 Å². The van der Waals surface area contributed by atoms with Gasteiger partial charge < -0.3 is 14.7 Å². The minimum atomic E-state index is -3.89. The van der Waals surface area contributed by atoms with Crippen LogP contribution in [0.25, 0.3) is 0 Å². The Balaban J connectivity index is 1.40. The summed E-state index contributed by atoms with van der Waals surface area (Å²) in [5, 5.41) is 7.03. The summed E-state index contributed by atoms with van der Waals surface area (Å²) < 4.78 is 32.6. The van der Waals surface area contributed by atoms with Crippen molar-refractivity contribution in [2.45, 2.75) is 25.2 Å². The van der Waals surface area contributed by atoms with Gasteiger partial charge in [0.1, 0.15) is 0 Å². The monoisotopic (exact) mass is 488 g/mol. The van der Waals surface area contributed by atoms with Gasteiger partial charge in [-0.2, -0.15) is 0 Å². The maximum atomic E-state index is 12.7. The van der Waals surface area contributed by atoms with Crippen LogP contribution in [0.2, 0.25) is 5.02 Å². The minimum absolute atomic E-state index is 0.00101. The van der Waals surface area contributed by atoms with Gasteiger partial charge in [-0.05, 0) is 62.4 Å². The van der Waals surface area contributed by atoms with Crippen LogP contribution in [-0.2, 0) is 19.6 Å². The number of carbonyl (C=O) groups is 2. The topological polar surface area (TPSA) is 122 Å². The van der Waals surface area contributed by atoms with Crippen molar-refractivity contribution in [1.29, 1.82) is 0 Å². The predicted molar refractivity (Wildman–Crippen MR) is 124 cm³/mol. The molecule has 172 valence electrons. The van der Waals surface area contributed by atoms with Gasteiger partial charge in [0.2, 0.25) is 17.7 Å². The van der Waals surface area contributed by atoms with Crippen LogP contribution in [0.1, 0.15) is 17.7 Å². The lowest BCUT2D eigenvalue weighted by molar-refractivity contribution is -0.122. The zero-order chi connectivity index (χ0) is 23.8. The average molecular weight is 489 g/mol. The number of benzene rings is 2. The summed E-state index contributed by atoms with van der Waals surface area (Å²) in [7, 11) is -3.89. The molecule has 1 aliphatic heterocycles. The molecule has 1 aliphatic rings. The molecular weight excluding hydrogens is 468 g/mol. The third-order valence-corrected chi connectivity index (χ3v) is 7.05. The van der Waals surface area contributed by atoms with E-state index < -0.39 is 15.9 Å². The maximum Gasteiger partial charge on any atom is 0.264 e. The number of amides is 2. The summed E-state index contributed by atoms with van der Waals surface area (Å²) in [5.41, 5.74) is 2.29. The molecule has 1 atom stereocenters. The number of rotatable bonds is 6. The molecule has 2 heterocycles. The Morgan fingerprint density at radius 2 is 1.79 bits per heavy atom. The van der Waals surface area contributed by atoms with Crippen molar-refractivity contribution < 1.29 is 22.5 Å². The summed E-state index contributed by atoms with van der Waals surface area (Å²) in [4.78, 5) is 26.6. The van der Waals surface area contributed by atoms with Gasteiger partial charge in [-0.3, -0.25) is 9.59 Å². The number of anilines is 3. The number of aromatic nitrogens is 1. The van der Waals surface area contributed by atoms with Crippen LogP contribution >= 0.6 is 11.6 Å². The van der Waals surface area contributed by atoms with Crippen LogP contribution in [0.5, 0.6) is 0 Å². The first-order valence-electron chi connectivity index (χ1n) is 10.1. The second-order valence-electron chi connectivity index (χ2n) is 7.72. The molecule has 0 radical (unpaired) electrons. The van der Waals surface area contributed by atoms with Gasteiger partial charge in [-0.15, -0.1) is 0 Å². The van der Waals surface area contributed by atoms with Gasteiger partial charge in [-0.1, -0.05) is 16.8 Å². The summed E-state index contributed by atoms with van der Waals surface area (Å²) >= 11 is 5.90. The Labute approximate surface area is 195 Å². The van der Waals surface area contributed by atoms with Crippen molar-refractivity contribution in [3.8, 4) is 0 Å². The van der Waals surface area contributed by atoms with Crippen molar-refractivity contribution >= 4 is 50.7 Å². The Morgan fingerprint density at radius 1 is 1.12 bits per heavy atom. The Morgan fingerprint density at radius 3 is 2.39 bits per heavy atom. The number of nitrogens with zero attached hydrogens (tertiary/aromatic N) is 2. The van der Waals surface area contributed by atoms with E-state index in [9.17, 15) is 18.0 Å². The second-order valence-corrected chi connectivity index (χ2v) is 9.84. The fourth-order valence-corrected chi connectivity index (χ4v) is 4.58. The summed E-state index contributed by atoms with van der Waals surface area (Å²) in [6, 6.07) is 12.6. The molecule has 2 N–H and O–H groups in total. The van der Waals surface area contributed by atoms with Crippen LogP contribution < -0.4 is 14.9 Å². The standard InChI is InChI=1S/C22H21ClN4O5S/c1-13-14(2)25-32-22(13)26-33(30,31)19-9-5-17(6-10-19)24-21(29)15-11-20(28)27(12-15)18-7-3-16(23)4-8-18/h3-10,15,26H,11-12H2,1-2H3,(H,24,29). The summed E-state index contributed by atoms with van der Waals surface area (Å²) in [5.74, 6) is -0.943. The second kappa shape index (κ2) is 8.87. The molecule has 2 amide bonds. The zero-order valence-corrected chi connectivity index (χ0v) is 19.4. The lowest BCUT2D eigenvalue weighted by Gasteiger charge is -2.17. The molecule has 33 heavy (non-hydrogen) atoms. The van der Waals surface area contributed by atoms with Crippen LogP contribution in [0, 0.1) is 19.8 Å². The summed E-state index contributed by atoms with van der Waals surface area (Å²) in [6.45, 7) is 3.66. The minimum Gasteiger partial charge on any atom is -0.337 e. The van der Waals surface area contributed by atoms with E-state index in [0.29, 0.717) is 27.7 Å². The fourth-order valence-electron chi connectivity index (χ4n) is 3.41. The van der Waals surface area contributed by atoms with Crippen molar-refractivity contribution in [3.63, 3.8) is 0 Å². The highest BCUT2D eigenvalue weighted by Crippen LogP contribution is 2.28. The maximum absolute atomic E-state index is 12.7. The molecule has 2 aromatic carbocycles. The smallest absolute Gasteiger partial charge is 0.264 e. The average Bonchev–Trinajstić information content (AvgIpc) is 3.32. The lowest BCUT2D eigenvalue weighted by Crippen LogP contribution is -2.28. The Bertz CT molecular complexity index is 1300. The van der Waals surface area contributed by atoms with Gasteiger partial charge in [-0.25, -0.2) is 13.1 Å². The van der Waals surface area contributed by atoms with Gasteiger partial charge in [0.15, 0.2) is 0 Å². The molecule has 1 saturated heterocycles. The first kappa shape index (κ1) is 22.8. The van der Waals surface area contributed by atoms with Crippen LogP contribution in [0.4, 0.5) is 17.3 Å². The Kier molecular flexibility index (Phi) is 6.13. The highest BCUT2D eigenvalue weighted by Gasteiger charge is 2.35. The molecule has 9 nitrogen and oxygen atoms in total. The van der Waals surface area contributed by atoms with E-state index in [-0.39, 0.29) is 35.6 Å². The molecule has 1 aromatic heterocycles. The number of halogens is 1. The van der Waals surface area contributed by atoms with Crippen LogP contribution in [-0.4, -0.2) is 31.9 Å². The van der Waals surface area contributed by atoms with Gasteiger partial charge >= 0.3 is 0 Å². The predicted octanol–water partition coefficient (Wildman–Crippen LogP) is 3.74. The summed E-state index contributed by atoms with van der Waals surface area (Å²) in [6.07, 6.45) is 0.0841. The van der Waals surface area contributed by atoms with Gasteiger partial charge in [0.05, 0.1) is 16.5 Å². The van der Waals surface area contributed by atoms with E-state index in [1.54, 1.807) is 43.0 Å². The molecule has 1 unspecified atom stereocenters. The van der Waals surface area contributed by atoms with E-state index >= 15 is 0 Å². The van der Waals surface area contributed by atoms with E-state index in [4.69, 9.17) is 16.1 Å². The normalized spacial score (nSPS) is 16.2. The Hall–Kier alpha value is -3.37. The van der Waals surface area contributed by atoms with E-state index in [0.717, 1.165) is 0 Å². The molecule has 11 heteroatoms. The van der Waals surface area contributed by atoms with Crippen LogP contribution in [0.15, 0.2) is 57.9 Å². The van der Waals surface area contributed by atoms with Gasteiger partial charge in [0.25, 0.3) is 10.0 Å². The molecule has 3 aromatic rings. The fraction of sp³-hybridized carbons (Fsp3) is 0.227. The zero-order valence-electron chi connectivity index (χ0n) is 17.8. The first-order valence-corrected chi connectivity index (χ1v) is 11.9. The molecule has 0 saturated carbocycles.